The summed E-state index contributed by atoms with van der Waals surface area (Å²) in [5.41, 5.74) is 10.9. The Labute approximate surface area is 174 Å². The molecule has 0 saturated carbocycles. The Kier molecular flexibility index (Phi) is 5.08. The molecule has 152 valence electrons. The summed E-state index contributed by atoms with van der Waals surface area (Å²) in [4.78, 5) is 16.1. The number of nitrogens with two attached hydrogens (primary N) is 1. The van der Waals surface area contributed by atoms with Crippen molar-refractivity contribution in [1.82, 2.24) is 29.6 Å². The molecular formula is C22H23N7O. The third-order valence-corrected chi connectivity index (χ3v) is 5.28. The van der Waals surface area contributed by atoms with Crippen molar-refractivity contribution in [2.45, 2.75) is 6.54 Å². The van der Waals surface area contributed by atoms with Crippen LogP contribution in [-0.2, 0) is 11.3 Å². The Balaban J connectivity index is 1.44. The lowest BCUT2D eigenvalue weighted by Gasteiger charge is -2.26. The standard InChI is InChI=1S/C22H23N7O/c23-22-26-19-7-6-18(25-21(19)20(27-22)16-4-2-1-3-5-16)17-14-24-29(15-17)9-8-28-10-12-30-13-11-28/h1-7,14-15H,8-13H2,(H2,23,26,27). The van der Waals surface area contributed by atoms with Crippen molar-refractivity contribution in [3.63, 3.8) is 0 Å². The summed E-state index contributed by atoms with van der Waals surface area (Å²) in [6.45, 7) is 5.37. The van der Waals surface area contributed by atoms with E-state index in [1.165, 1.54) is 0 Å². The number of nitrogens with zero attached hydrogens (tertiary/aromatic N) is 6. The van der Waals surface area contributed by atoms with Crippen LogP contribution in [0.2, 0.25) is 0 Å². The van der Waals surface area contributed by atoms with Crippen LogP contribution in [-0.4, -0.2) is 62.5 Å². The second-order valence-corrected chi connectivity index (χ2v) is 7.31. The zero-order valence-corrected chi connectivity index (χ0v) is 16.6. The van der Waals surface area contributed by atoms with Crippen LogP contribution >= 0.6 is 0 Å². The number of rotatable bonds is 5. The van der Waals surface area contributed by atoms with E-state index < -0.39 is 0 Å². The smallest absolute Gasteiger partial charge is 0.221 e. The number of hydrogen-bond acceptors (Lipinski definition) is 7. The zero-order valence-electron chi connectivity index (χ0n) is 16.6. The van der Waals surface area contributed by atoms with E-state index in [2.05, 4.69) is 20.0 Å². The zero-order chi connectivity index (χ0) is 20.3. The highest BCUT2D eigenvalue weighted by molar-refractivity contribution is 5.91. The van der Waals surface area contributed by atoms with Crippen LogP contribution in [0.4, 0.5) is 5.95 Å². The Morgan fingerprint density at radius 2 is 1.73 bits per heavy atom. The van der Waals surface area contributed by atoms with Gasteiger partial charge in [0.25, 0.3) is 0 Å². The number of benzene rings is 1. The maximum absolute atomic E-state index is 5.93. The van der Waals surface area contributed by atoms with Gasteiger partial charge in [0.2, 0.25) is 5.95 Å². The first-order chi connectivity index (χ1) is 14.8. The molecule has 0 radical (unpaired) electrons. The van der Waals surface area contributed by atoms with E-state index >= 15 is 0 Å². The highest BCUT2D eigenvalue weighted by Gasteiger charge is 2.13. The lowest BCUT2D eigenvalue weighted by atomic mass is 10.1. The van der Waals surface area contributed by atoms with Crippen molar-refractivity contribution in [3.05, 3.63) is 54.9 Å². The first-order valence-corrected chi connectivity index (χ1v) is 10.1. The summed E-state index contributed by atoms with van der Waals surface area (Å²) in [7, 11) is 0. The second kappa shape index (κ2) is 8.17. The topological polar surface area (TPSA) is 95.0 Å². The van der Waals surface area contributed by atoms with E-state index in [0.29, 0.717) is 0 Å². The molecule has 0 bridgehead atoms. The van der Waals surface area contributed by atoms with Crippen LogP contribution in [0.15, 0.2) is 54.9 Å². The molecule has 1 fully saturated rings. The van der Waals surface area contributed by atoms with E-state index in [1.54, 1.807) is 0 Å². The molecule has 0 atom stereocenters. The maximum Gasteiger partial charge on any atom is 0.221 e. The molecule has 8 nitrogen and oxygen atoms in total. The summed E-state index contributed by atoms with van der Waals surface area (Å²) in [6.07, 6.45) is 3.89. The second-order valence-electron chi connectivity index (χ2n) is 7.31. The van der Waals surface area contributed by atoms with Gasteiger partial charge in [-0.3, -0.25) is 9.58 Å². The maximum atomic E-state index is 5.93. The molecule has 1 aliphatic heterocycles. The fourth-order valence-electron chi connectivity index (χ4n) is 3.68. The van der Waals surface area contributed by atoms with Crippen LogP contribution in [0, 0.1) is 0 Å². The van der Waals surface area contributed by atoms with E-state index in [1.807, 2.05) is 59.5 Å². The number of pyridine rings is 1. The Morgan fingerprint density at radius 1 is 0.900 bits per heavy atom. The summed E-state index contributed by atoms with van der Waals surface area (Å²) < 4.78 is 7.37. The number of nitrogen functional groups attached to an aromatic ring is 1. The fraction of sp³-hybridized carbons (Fsp3) is 0.273. The van der Waals surface area contributed by atoms with Crippen molar-refractivity contribution in [1.29, 1.82) is 0 Å². The highest BCUT2D eigenvalue weighted by Crippen LogP contribution is 2.27. The first kappa shape index (κ1) is 18.7. The molecule has 8 heteroatoms. The van der Waals surface area contributed by atoms with Gasteiger partial charge in [-0.15, -0.1) is 0 Å². The molecule has 0 aliphatic carbocycles. The van der Waals surface area contributed by atoms with Crippen molar-refractivity contribution in [3.8, 4) is 22.5 Å². The van der Waals surface area contributed by atoms with Gasteiger partial charge in [-0.25, -0.2) is 15.0 Å². The molecule has 4 heterocycles. The number of fused-ring (bicyclic) bond motifs is 1. The minimum Gasteiger partial charge on any atom is -0.379 e. The lowest BCUT2D eigenvalue weighted by Crippen LogP contribution is -2.38. The first-order valence-electron chi connectivity index (χ1n) is 10.1. The van der Waals surface area contributed by atoms with E-state index in [4.69, 9.17) is 15.5 Å². The van der Waals surface area contributed by atoms with Gasteiger partial charge in [-0.05, 0) is 12.1 Å². The van der Waals surface area contributed by atoms with Crippen LogP contribution in [0.25, 0.3) is 33.5 Å². The monoisotopic (exact) mass is 401 g/mol. The van der Waals surface area contributed by atoms with Gasteiger partial charge in [-0.1, -0.05) is 30.3 Å². The van der Waals surface area contributed by atoms with Crippen molar-refractivity contribution in [2.24, 2.45) is 0 Å². The summed E-state index contributed by atoms with van der Waals surface area (Å²) in [5, 5.41) is 4.52. The minimum absolute atomic E-state index is 0.242. The fourth-order valence-corrected chi connectivity index (χ4v) is 3.68. The number of ether oxygens (including phenoxy) is 1. The molecule has 3 aromatic heterocycles. The molecule has 0 amide bonds. The van der Waals surface area contributed by atoms with Crippen molar-refractivity contribution in [2.75, 3.05) is 38.6 Å². The van der Waals surface area contributed by atoms with E-state index in [0.717, 1.165) is 72.9 Å². The number of morpholine rings is 1. The SMILES string of the molecule is Nc1nc(-c2ccccc2)c2nc(-c3cnn(CCN4CCOCC4)c3)ccc2n1. The molecule has 0 spiro atoms. The average Bonchev–Trinajstić information content (AvgIpc) is 3.27. The largest absolute Gasteiger partial charge is 0.379 e. The van der Waals surface area contributed by atoms with Gasteiger partial charge < -0.3 is 10.5 Å². The molecule has 0 unspecified atom stereocenters. The Bertz CT molecular complexity index is 1150. The molecule has 1 aromatic carbocycles. The molecular weight excluding hydrogens is 378 g/mol. The summed E-state index contributed by atoms with van der Waals surface area (Å²) in [5.74, 6) is 0.242. The predicted octanol–water partition coefficient (Wildman–Crippen LogP) is 2.47. The van der Waals surface area contributed by atoms with Gasteiger partial charge in [0.1, 0.15) is 11.2 Å². The molecule has 4 aromatic rings. The van der Waals surface area contributed by atoms with Crippen LogP contribution < -0.4 is 5.73 Å². The summed E-state index contributed by atoms with van der Waals surface area (Å²) in [6, 6.07) is 13.8. The number of anilines is 1. The van der Waals surface area contributed by atoms with Crippen molar-refractivity contribution < 1.29 is 4.74 Å². The normalized spacial score (nSPS) is 14.9. The van der Waals surface area contributed by atoms with Gasteiger partial charge in [-0.2, -0.15) is 5.10 Å². The average molecular weight is 401 g/mol. The predicted molar refractivity (Wildman–Crippen MR) is 116 cm³/mol. The molecule has 30 heavy (non-hydrogen) atoms. The van der Waals surface area contributed by atoms with Gasteiger partial charge in [0, 0.05) is 37.0 Å². The Morgan fingerprint density at radius 3 is 2.57 bits per heavy atom. The van der Waals surface area contributed by atoms with Gasteiger partial charge >= 0.3 is 0 Å². The third kappa shape index (κ3) is 3.87. The van der Waals surface area contributed by atoms with Crippen molar-refractivity contribution >= 4 is 17.0 Å². The van der Waals surface area contributed by atoms with E-state index in [9.17, 15) is 0 Å². The number of aromatic nitrogens is 5. The molecule has 1 aliphatic rings. The summed E-state index contributed by atoms with van der Waals surface area (Å²) >= 11 is 0. The van der Waals surface area contributed by atoms with Gasteiger partial charge in [0.15, 0.2) is 0 Å². The van der Waals surface area contributed by atoms with Crippen LogP contribution in [0.3, 0.4) is 0 Å². The molecule has 2 N–H and O–H groups in total. The molecule has 5 rings (SSSR count). The minimum atomic E-state index is 0.242. The van der Waals surface area contributed by atoms with E-state index in [-0.39, 0.29) is 5.95 Å². The van der Waals surface area contributed by atoms with Crippen LogP contribution in [0.5, 0.6) is 0 Å². The third-order valence-electron chi connectivity index (χ3n) is 5.28. The Hall–Kier alpha value is -3.36. The quantitative estimate of drug-likeness (QED) is 0.549. The number of hydrogen-bond donors (Lipinski definition) is 1. The molecule has 1 saturated heterocycles. The van der Waals surface area contributed by atoms with Gasteiger partial charge in [0.05, 0.1) is 37.2 Å². The van der Waals surface area contributed by atoms with Crippen LogP contribution in [0.1, 0.15) is 0 Å². The lowest BCUT2D eigenvalue weighted by molar-refractivity contribution is 0.0360. The highest BCUT2D eigenvalue weighted by atomic mass is 16.5.